The SMILES string of the molecule is CC/C=C\C/C=C\C/C=C\C/C=C\C/C=C\C/C=C\C/C=C\C/C=C\C/C=C\C/C=C\CCCCCCCCCCCCC(=O)OC(COC(=O)CCCCCCCCCCCCC/C=C\CCCCCCCCCC)COP(=O)(O)OCC[N+](C)(C)C. The van der Waals surface area contributed by atoms with E-state index in [1.54, 1.807) is 0 Å². The van der Waals surface area contributed by atoms with E-state index in [0.29, 0.717) is 17.4 Å². The number of esters is 2. The molecule has 0 aliphatic rings. The molecule has 0 aromatic heterocycles. The van der Waals surface area contributed by atoms with Crippen molar-refractivity contribution in [2.24, 2.45) is 0 Å². The molecule has 9 nitrogen and oxygen atoms in total. The average molecular weight is 1250 g/mol. The molecule has 0 aromatic carbocycles. The van der Waals surface area contributed by atoms with Gasteiger partial charge in [-0.3, -0.25) is 18.6 Å². The van der Waals surface area contributed by atoms with E-state index < -0.39 is 26.5 Å². The molecule has 0 radical (unpaired) electrons. The smallest absolute Gasteiger partial charge is 0.462 e. The van der Waals surface area contributed by atoms with Crippen molar-refractivity contribution < 1.29 is 42.1 Å². The van der Waals surface area contributed by atoms with Crippen LogP contribution in [0.2, 0.25) is 0 Å². The molecule has 0 aromatic rings. The molecule has 10 heteroatoms. The maximum Gasteiger partial charge on any atom is 0.472 e. The van der Waals surface area contributed by atoms with Gasteiger partial charge in [0.25, 0.3) is 0 Å². The number of phosphoric ester groups is 1. The highest BCUT2D eigenvalue weighted by atomic mass is 31.2. The Morgan fingerprint density at radius 3 is 0.977 bits per heavy atom. The van der Waals surface area contributed by atoms with Crippen LogP contribution in [0.25, 0.3) is 0 Å². The van der Waals surface area contributed by atoms with Gasteiger partial charge in [0.2, 0.25) is 0 Å². The van der Waals surface area contributed by atoms with Gasteiger partial charge >= 0.3 is 19.8 Å². The molecule has 1 N–H and O–H groups in total. The van der Waals surface area contributed by atoms with Gasteiger partial charge in [0.15, 0.2) is 6.10 Å². The lowest BCUT2D eigenvalue weighted by molar-refractivity contribution is -0.870. The zero-order chi connectivity index (χ0) is 64.1. The second kappa shape index (κ2) is 67.5. The topological polar surface area (TPSA) is 108 Å². The van der Waals surface area contributed by atoms with E-state index in [2.05, 4.69) is 148 Å². The molecular formula is C78H135NO8P+. The summed E-state index contributed by atoms with van der Waals surface area (Å²) in [6.07, 6.45) is 98.4. The van der Waals surface area contributed by atoms with Gasteiger partial charge in [-0.15, -0.1) is 0 Å². The Labute approximate surface area is 542 Å². The van der Waals surface area contributed by atoms with Gasteiger partial charge < -0.3 is 18.9 Å². The predicted molar refractivity (Wildman–Crippen MR) is 381 cm³/mol. The van der Waals surface area contributed by atoms with E-state index in [-0.39, 0.29) is 32.0 Å². The monoisotopic (exact) mass is 1240 g/mol. The number of nitrogens with zero attached hydrogens (tertiary/aromatic N) is 1. The van der Waals surface area contributed by atoms with Crippen molar-refractivity contribution in [2.45, 2.75) is 302 Å². The Morgan fingerprint density at radius 2 is 0.648 bits per heavy atom. The summed E-state index contributed by atoms with van der Waals surface area (Å²) < 4.78 is 34.7. The number of likely N-dealkylation sites (N-methyl/N-ethyl adjacent to an activating group) is 1. The lowest BCUT2D eigenvalue weighted by atomic mass is 10.0. The third-order valence-electron chi connectivity index (χ3n) is 15.2. The normalized spacial score (nSPS) is 13.9. The van der Waals surface area contributed by atoms with Crippen molar-refractivity contribution in [3.63, 3.8) is 0 Å². The second-order valence-electron chi connectivity index (χ2n) is 24.9. The first-order valence-electron chi connectivity index (χ1n) is 35.9. The standard InChI is InChI=1S/C78H134NO8P/c1-6-8-10-12-14-16-18-20-22-24-26-28-30-31-32-33-34-35-36-37-38-39-40-41-42-43-44-45-46-47-49-51-53-55-57-59-61-63-65-67-69-71-78(81)87-76(75-86-88(82,83)85-73-72-79(3,4)5)74-84-77(80)70-68-66-64-62-60-58-56-54-52-50-48-29-27-25-23-21-19-17-15-13-11-9-7-2/h8,10,14,16,20,22,25-28,31-32,34-35,37-38,40-41,43-44,46-47,76H,6-7,9,11-13,15,17-19,21,23-24,29-30,33,36,39,42,45,48-75H2,1-5H3/p+1/b10-8-,16-14-,22-20-,27-25-,28-26-,32-31-,35-34-,38-37-,41-40-,44-43-,47-46-. The number of quaternary nitrogens is 1. The fraction of sp³-hybridized carbons (Fsp3) is 0.692. The molecule has 0 fully saturated rings. The number of hydrogen-bond acceptors (Lipinski definition) is 7. The van der Waals surface area contributed by atoms with Gasteiger partial charge in [0.1, 0.15) is 19.8 Å². The van der Waals surface area contributed by atoms with E-state index in [1.165, 1.54) is 154 Å². The summed E-state index contributed by atoms with van der Waals surface area (Å²) in [6, 6.07) is 0. The molecule has 2 atom stereocenters. The maximum absolute atomic E-state index is 12.9. The van der Waals surface area contributed by atoms with Gasteiger partial charge in [-0.25, -0.2) is 4.57 Å². The Kier molecular flexibility index (Phi) is 64.6. The molecule has 0 aliphatic heterocycles. The van der Waals surface area contributed by atoms with Crippen molar-refractivity contribution in [1.29, 1.82) is 0 Å². The molecule has 504 valence electrons. The molecule has 0 saturated heterocycles. The number of rotatable bonds is 65. The molecule has 0 aliphatic carbocycles. The van der Waals surface area contributed by atoms with E-state index >= 15 is 0 Å². The zero-order valence-corrected chi connectivity index (χ0v) is 58.3. The van der Waals surface area contributed by atoms with Gasteiger partial charge in [-0.2, -0.15) is 0 Å². The summed E-state index contributed by atoms with van der Waals surface area (Å²) in [6.45, 7) is 4.33. The Hall–Kier alpha value is -3.85. The molecule has 0 spiro atoms. The number of phosphoric acid groups is 1. The quantitative estimate of drug-likeness (QED) is 0.0211. The Morgan fingerprint density at radius 1 is 0.364 bits per heavy atom. The summed E-state index contributed by atoms with van der Waals surface area (Å²) in [4.78, 5) is 35.9. The van der Waals surface area contributed by atoms with Gasteiger partial charge in [0.05, 0.1) is 27.7 Å². The lowest BCUT2D eigenvalue weighted by Gasteiger charge is -2.24. The van der Waals surface area contributed by atoms with Crippen LogP contribution < -0.4 is 0 Å². The van der Waals surface area contributed by atoms with E-state index in [4.69, 9.17) is 18.5 Å². The zero-order valence-electron chi connectivity index (χ0n) is 57.4. The van der Waals surface area contributed by atoms with Crippen molar-refractivity contribution >= 4 is 19.8 Å². The molecule has 0 heterocycles. The highest BCUT2D eigenvalue weighted by Gasteiger charge is 2.27. The molecule has 0 amide bonds. The van der Waals surface area contributed by atoms with Crippen LogP contribution in [-0.4, -0.2) is 74.9 Å². The van der Waals surface area contributed by atoms with Crippen LogP contribution in [0.3, 0.4) is 0 Å². The second-order valence-corrected chi connectivity index (χ2v) is 26.3. The fourth-order valence-corrected chi connectivity index (χ4v) is 10.4. The molecule has 88 heavy (non-hydrogen) atoms. The van der Waals surface area contributed by atoms with E-state index in [1.807, 2.05) is 21.1 Å². The number of carbonyl (C=O) groups excluding carboxylic acids is 2. The summed E-state index contributed by atoms with van der Waals surface area (Å²) in [7, 11) is 1.47. The number of unbranched alkanes of at least 4 members (excludes halogenated alkanes) is 29. The minimum absolute atomic E-state index is 0.0260. The van der Waals surface area contributed by atoms with E-state index in [0.717, 1.165) is 109 Å². The van der Waals surface area contributed by atoms with Crippen LogP contribution in [0.15, 0.2) is 134 Å². The highest BCUT2D eigenvalue weighted by Crippen LogP contribution is 2.43. The van der Waals surface area contributed by atoms with Crippen molar-refractivity contribution in [2.75, 3.05) is 47.5 Å². The predicted octanol–water partition coefficient (Wildman–Crippen LogP) is 23.6. The van der Waals surface area contributed by atoms with Gasteiger partial charge in [-0.1, -0.05) is 302 Å². The van der Waals surface area contributed by atoms with Crippen molar-refractivity contribution in [3.05, 3.63) is 134 Å². The molecular weight excluding hydrogens is 1110 g/mol. The van der Waals surface area contributed by atoms with Crippen molar-refractivity contribution in [1.82, 2.24) is 0 Å². The number of allylic oxidation sites excluding steroid dienone is 22. The first kappa shape index (κ1) is 84.2. The Bertz CT molecular complexity index is 1950. The minimum Gasteiger partial charge on any atom is -0.462 e. The van der Waals surface area contributed by atoms with Crippen LogP contribution >= 0.6 is 7.82 Å². The minimum atomic E-state index is -4.40. The molecule has 0 saturated carbocycles. The molecule has 0 bridgehead atoms. The van der Waals surface area contributed by atoms with Crippen LogP contribution in [0.1, 0.15) is 296 Å². The third kappa shape index (κ3) is 71.2. The van der Waals surface area contributed by atoms with Gasteiger partial charge in [0, 0.05) is 12.8 Å². The van der Waals surface area contributed by atoms with Crippen molar-refractivity contribution in [3.8, 4) is 0 Å². The van der Waals surface area contributed by atoms with Crippen LogP contribution in [0, 0.1) is 0 Å². The lowest BCUT2D eigenvalue weighted by Crippen LogP contribution is -2.37. The summed E-state index contributed by atoms with van der Waals surface area (Å²) in [5.41, 5.74) is 0. The number of carbonyl (C=O) groups is 2. The molecule has 2 unspecified atom stereocenters. The molecule has 0 rings (SSSR count). The van der Waals surface area contributed by atoms with E-state index in [9.17, 15) is 19.0 Å². The van der Waals surface area contributed by atoms with Gasteiger partial charge in [-0.05, 0) is 116 Å². The highest BCUT2D eigenvalue weighted by molar-refractivity contribution is 7.47. The first-order valence-corrected chi connectivity index (χ1v) is 37.4. The largest absolute Gasteiger partial charge is 0.472 e. The summed E-state index contributed by atoms with van der Waals surface area (Å²) in [5.74, 6) is -0.802. The summed E-state index contributed by atoms with van der Waals surface area (Å²) >= 11 is 0. The first-order chi connectivity index (χ1) is 43.0. The summed E-state index contributed by atoms with van der Waals surface area (Å²) in [5, 5.41) is 0. The third-order valence-corrected chi connectivity index (χ3v) is 16.1. The fourth-order valence-electron chi connectivity index (χ4n) is 9.69. The number of hydrogen-bond donors (Lipinski definition) is 1. The average Bonchev–Trinajstić information content (AvgIpc) is 3.58. The van der Waals surface area contributed by atoms with Crippen LogP contribution in [-0.2, 0) is 32.7 Å². The van der Waals surface area contributed by atoms with Crippen LogP contribution in [0.5, 0.6) is 0 Å². The number of ether oxygens (including phenoxy) is 2. The van der Waals surface area contributed by atoms with Crippen LogP contribution in [0.4, 0.5) is 0 Å². The maximum atomic E-state index is 12.9. The Balaban J connectivity index is 4.08.